The van der Waals surface area contributed by atoms with Gasteiger partial charge in [0.25, 0.3) is 0 Å². The van der Waals surface area contributed by atoms with E-state index in [0.717, 1.165) is 16.4 Å². The number of nitrogens with two attached hydrogens (primary N) is 1. The van der Waals surface area contributed by atoms with Crippen molar-refractivity contribution in [3.63, 3.8) is 0 Å². The standard InChI is InChI=1S/C14H16N4O/c1-8-3-4-10-11(9(8)2)13-12(14(15)17-10)16-7-18(13)5-6-19/h3-4,7,19H,5-6H2,1-2H3,(H2,15,17). The van der Waals surface area contributed by atoms with Gasteiger partial charge in [0, 0.05) is 11.9 Å². The summed E-state index contributed by atoms with van der Waals surface area (Å²) in [5, 5.41) is 10.2. The molecule has 2 heterocycles. The molecule has 0 atom stereocenters. The van der Waals surface area contributed by atoms with Crippen molar-refractivity contribution in [1.82, 2.24) is 14.5 Å². The highest BCUT2D eigenvalue weighted by Crippen LogP contribution is 2.30. The maximum Gasteiger partial charge on any atom is 0.152 e. The van der Waals surface area contributed by atoms with Gasteiger partial charge in [-0.05, 0) is 31.0 Å². The second kappa shape index (κ2) is 4.20. The molecule has 0 bridgehead atoms. The van der Waals surface area contributed by atoms with Gasteiger partial charge in [-0.2, -0.15) is 0 Å². The summed E-state index contributed by atoms with van der Waals surface area (Å²) >= 11 is 0. The van der Waals surface area contributed by atoms with Gasteiger partial charge in [0.15, 0.2) is 5.82 Å². The van der Waals surface area contributed by atoms with Gasteiger partial charge in [0.2, 0.25) is 0 Å². The number of imidazole rings is 1. The second-order valence-electron chi connectivity index (χ2n) is 4.76. The van der Waals surface area contributed by atoms with Gasteiger partial charge in [0.1, 0.15) is 5.52 Å². The Labute approximate surface area is 110 Å². The molecule has 19 heavy (non-hydrogen) atoms. The summed E-state index contributed by atoms with van der Waals surface area (Å²) in [7, 11) is 0. The zero-order valence-corrected chi connectivity index (χ0v) is 11.0. The molecule has 0 aliphatic carbocycles. The van der Waals surface area contributed by atoms with Crippen LogP contribution in [0.4, 0.5) is 5.82 Å². The van der Waals surface area contributed by atoms with Gasteiger partial charge in [-0.1, -0.05) is 6.07 Å². The van der Waals surface area contributed by atoms with Crippen LogP contribution in [0.3, 0.4) is 0 Å². The van der Waals surface area contributed by atoms with Crippen molar-refractivity contribution in [3.05, 3.63) is 29.6 Å². The minimum Gasteiger partial charge on any atom is -0.395 e. The summed E-state index contributed by atoms with van der Waals surface area (Å²) in [5.74, 6) is 0.433. The first-order chi connectivity index (χ1) is 9.13. The van der Waals surface area contributed by atoms with E-state index in [4.69, 9.17) is 10.8 Å². The fourth-order valence-corrected chi connectivity index (χ4v) is 2.49. The molecule has 5 nitrogen and oxygen atoms in total. The average molecular weight is 256 g/mol. The highest BCUT2D eigenvalue weighted by molar-refractivity contribution is 6.08. The van der Waals surface area contributed by atoms with E-state index >= 15 is 0 Å². The predicted octanol–water partition coefficient (Wildman–Crippen LogP) is 1.78. The molecule has 0 saturated carbocycles. The molecular weight excluding hydrogens is 240 g/mol. The summed E-state index contributed by atoms with van der Waals surface area (Å²) < 4.78 is 1.93. The quantitative estimate of drug-likeness (QED) is 0.732. The second-order valence-corrected chi connectivity index (χ2v) is 4.76. The number of anilines is 1. The van der Waals surface area contributed by atoms with Crippen molar-refractivity contribution in [3.8, 4) is 0 Å². The lowest BCUT2D eigenvalue weighted by Gasteiger charge is -2.10. The molecule has 0 amide bonds. The van der Waals surface area contributed by atoms with Gasteiger partial charge < -0.3 is 15.4 Å². The molecule has 0 aliphatic rings. The van der Waals surface area contributed by atoms with Gasteiger partial charge in [-0.25, -0.2) is 9.97 Å². The van der Waals surface area contributed by atoms with Crippen LogP contribution in [0.1, 0.15) is 11.1 Å². The normalized spacial score (nSPS) is 11.5. The molecule has 5 heteroatoms. The number of pyridine rings is 1. The topological polar surface area (TPSA) is 77.0 Å². The van der Waals surface area contributed by atoms with E-state index in [1.54, 1.807) is 6.33 Å². The molecule has 0 saturated heterocycles. The van der Waals surface area contributed by atoms with Crippen molar-refractivity contribution in [2.45, 2.75) is 20.4 Å². The lowest BCUT2D eigenvalue weighted by atomic mass is 10.0. The number of benzene rings is 1. The fraction of sp³-hybridized carbons (Fsp3) is 0.286. The first kappa shape index (κ1) is 11.9. The lowest BCUT2D eigenvalue weighted by Crippen LogP contribution is -2.02. The van der Waals surface area contributed by atoms with Crippen LogP contribution in [0, 0.1) is 13.8 Å². The van der Waals surface area contributed by atoms with Gasteiger partial charge in [-0.15, -0.1) is 0 Å². The molecule has 0 radical (unpaired) electrons. The maximum absolute atomic E-state index is 9.17. The van der Waals surface area contributed by atoms with Crippen LogP contribution in [0.15, 0.2) is 18.5 Å². The summed E-state index contributed by atoms with van der Waals surface area (Å²) in [5.41, 5.74) is 10.9. The number of aliphatic hydroxyl groups is 1. The van der Waals surface area contributed by atoms with Crippen LogP contribution >= 0.6 is 0 Å². The molecule has 0 spiro atoms. The van der Waals surface area contributed by atoms with E-state index in [0.29, 0.717) is 17.9 Å². The number of rotatable bonds is 2. The minimum atomic E-state index is 0.0695. The Hall–Kier alpha value is -2.14. The largest absolute Gasteiger partial charge is 0.395 e. The van der Waals surface area contributed by atoms with Crippen LogP contribution < -0.4 is 5.73 Å². The average Bonchev–Trinajstić information content (AvgIpc) is 2.79. The summed E-state index contributed by atoms with van der Waals surface area (Å²) in [6.07, 6.45) is 1.71. The zero-order valence-electron chi connectivity index (χ0n) is 11.0. The molecule has 98 valence electrons. The van der Waals surface area contributed by atoms with Crippen LogP contribution in [-0.2, 0) is 6.54 Å². The fourth-order valence-electron chi connectivity index (χ4n) is 2.49. The predicted molar refractivity (Wildman–Crippen MR) is 76.0 cm³/mol. The van der Waals surface area contributed by atoms with Crippen molar-refractivity contribution in [2.24, 2.45) is 0 Å². The minimum absolute atomic E-state index is 0.0695. The highest BCUT2D eigenvalue weighted by Gasteiger charge is 2.14. The van der Waals surface area contributed by atoms with E-state index in [1.165, 1.54) is 11.1 Å². The van der Waals surface area contributed by atoms with Gasteiger partial charge >= 0.3 is 0 Å². The zero-order chi connectivity index (χ0) is 13.6. The number of hydrogen-bond donors (Lipinski definition) is 2. The first-order valence-electron chi connectivity index (χ1n) is 6.24. The SMILES string of the molecule is Cc1ccc2nc(N)c3ncn(CCO)c3c2c1C. The number of hydrogen-bond acceptors (Lipinski definition) is 4. The Morgan fingerprint density at radius 3 is 2.84 bits per heavy atom. The summed E-state index contributed by atoms with van der Waals surface area (Å²) in [6, 6.07) is 4.02. The number of nitrogens with zero attached hydrogens (tertiary/aromatic N) is 3. The van der Waals surface area contributed by atoms with E-state index in [9.17, 15) is 0 Å². The smallest absolute Gasteiger partial charge is 0.152 e. The third-order valence-corrected chi connectivity index (χ3v) is 3.61. The van der Waals surface area contributed by atoms with Gasteiger partial charge in [0.05, 0.1) is 24.0 Å². The molecule has 1 aromatic carbocycles. The molecular formula is C14H16N4O. The van der Waals surface area contributed by atoms with Crippen LogP contribution in [0.25, 0.3) is 21.9 Å². The third kappa shape index (κ3) is 1.66. The Bertz CT molecular complexity index is 776. The Morgan fingerprint density at radius 1 is 1.32 bits per heavy atom. The molecule has 3 N–H and O–H groups in total. The molecule has 3 rings (SSSR count). The van der Waals surface area contributed by atoms with E-state index in [-0.39, 0.29) is 6.61 Å². The van der Waals surface area contributed by atoms with Crippen molar-refractivity contribution >= 4 is 27.8 Å². The first-order valence-corrected chi connectivity index (χ1v) is 6.24. The van der Waals surface area contributed by atoms with Crippen LogP contribution in [0.5, 0.6) is 0 Å². The monoisotopic (exact) mass is 256 g/mol. The molecule has 0 fully saturated rings. The van der Waals surface area contributed by atoms with Crippen LogP contribution in [-0.4, -0.2) is 26.2 Å². The van der Waals surface area contributed by atoms with Gasteiger partial charge in [-0.3, -0.25) is 0 Å². The summed E-state index contributed by atoms with van der Waals surface area (Å²) in [6.45, 7) is 4.72. The third-order valence-electron chi connectivity index (χ3n) is 3.61. The van der Waals surface area contributed by atoms with Crippen molar-refractivity contribution in [2.75, 3.05) is 12.3 Å². The number of aryl methyl sites for hydroxylation is 2. The van der Waals surface area contributed by atoms with Crippen LogP contribution in [0.2, 0.25) is 0 Å². The Morgan fingerprint density at radius 2 is 2.11 bits per heavy atom. The molecule has 3 aromatic rings. The van der Waals surface area contributed by atoms with Crippen molar-refractivity contribution in [1.29, 1.82) is 0 Å². The maximum atomic E-state index is 9.17. The van der Waals surface area contributed by atoms with E-state index in [1.807, 2.05) is 16.7 Å². The Balaban J connectivity index is 2.54. The summed E-state index contributed by atoms with van der Waals surface area (Å²) in [4.78, 5) is 8.74. The number of aliphatic hydroxyl groups excluding tert-OH is 1. The highest BCUT2D eigenvalue weighted by atomic mass is 16.3. The lowest BCUT2D eigenvalue weighted by molar-refractivity contribution is 0.278. The van der Waals surface area contributed by atoms with Crippen molar-refractivity contribution < 1.29 is 5.11 Å². The van der Waals surface area contributed by atoms with E-state index in [2.05, 4.69) is 23.8 Å². The Kier molecular flexibility index (Phi) is 2.64. The molecule has 0 unspecified atom stereocenters. The number of fused-ring (bicyclic) bond motifs is 3. The number of nitrogen functional groups attached to an aromatic ring is 1. The molecule has 0 aliphatic heterocycles. The molecule has 2 aromatic heterocycles. The van der Waals surface area contributed by atoms with E-state index < -0.39 is 0 Å². The number of aromatic nitrogens is 3.